The van der Waals surface area contributed by atoms with Crippen LogP contribution >= 0.6 is 11.8 Å². The average Bonchev–Trinajstić information content (AvgIpc) is 1.97. The van der Waals surface area contributed by atoms with Gasteiger partial charge in [-0.1, -0.05) is 32.1 Å². The highest BCUT2D eigenvalue weighted by Gasteiger charge is 2.03. The molecule has 1 heteroatoms. The van der Waals surface area contributed by atoms with Crippen molar-refractivity contribution in [3.63, 3.8) is 0 Å². The lowest BCUT2D eigenvalue weighted by molar-refractivity contribution is 1.03. The van der Waals surface area contributed by atoms with Gasteiger partial charge in [0.1, 0.15) is 0 Å². The molecule has 0 bridgehead atoms. The summed E-state index contributed by atoms with van der Waals surface area (Å²) in [6.07, 6.45) is 7.44. The van der Waals surface area contributed by atoms with E-state index in [4.69, 9.17) is 0 Å². The summed E-state index contributed by atoms with van der Waals surface area (Å²) in [6.45, 7) is 10.3. The summed E-state index contributed by atoms with van der Waals surface area (Å²) < 4.78 is 0. The molecular formula is C10H18S. The second-order valence-electron chi connectivity index (χ2n) is 2.76. The predicted octanol–water partition coefficient (Wildman–Crippen LogP) is 3.65. The van der Waals surface area contributed by atoms with Crippen molar-refractivity contribution in [3.05, 3.63) is 24.8 Å². The van der Waals surface area contributed by atoms with Crippen LogP contribution in [0, 0.1) is 0 Å². The Labute approximate surface area is 74.8 Å². The molecule has 1 unspecified atom stereocenters. The monoisotopic (exact) mass is 170 g/mol. The summed E-state index contributed by atoms with van der Waals surface area (Å²) in [6, 6.07) is 0. The molecule has 0 spiro atoms. The molecule has 0 fully saturated rings. The van der Waals surface area contributed by atoms with E-state index in [0.717, 1.165) is 6.42 Å². The highest BCUT2D eigenvalue weighted by atomic mass is 32.2. The van der Waals surface area contributed by atoms with Gasteiger partial charge in [0.15, 0.2) is 0 Å². The third-order valence-electron chi connectivity index (χ3n) is 1.31. The lowest BCUT2D eigenvalue weighted by atomic mass is 10.3. The Morgan fingerprint density at radius 1 is 1.45 bits per heavy atom. The second kappa shape index (κ2) is 6.53. The molecule has 0 radical (unpaired) electrons. The molecule has 0 N–H and O–H groups in total. The van der Waals surface area contributed by atoms with Crippen LogP contribution in [0.4, 0.5) is 0 Å². The van der Waals surface area contributed by atoms with E-state index in [1.54, 1.807) is 0 Å². The summed E-state index contributed by atoms with van der Waals surface area (Å²) >= 11 is 1.97. The van der Waals surface area contributed by atoms with Gasteiger partial charge in [-0.05, 0) is 18.6 Å². The first-order valence-electron chi connectivity index (χ1n) is 4.09. The summed E-state index contributed by atoms with van der Waals surface area (Å²) in [5.41, 5.74) is 0. The lowest BCUT2D eigenvalue weighted by Crippen LogP contribution is -2.01. The highest BCUT2D eigenvalue weighted by Crippen LogP contribution is 2.20. The fourth-order valence-electron chi connectivity index (χ4n) is 0.827. The Morgan fingerprint density at radius 2 is 2.09 bits per heavy atom. The van der Waals surface area contributed by atoms with Gasteiger partial charge >= 0.3 is 0 Å². The SMILES string of the molecule is C=CC(CC=CC)SC(C)C. The smallest absolute Gasteiger partial charge is 0.0261 e. The topological polar surface area (TPSA) is 0 Å². The van der Waals surface area contributed by atoms with E-state index in [2.05, 4.69) is 39.5 Å². The van der Waals surface area contributed by atoms with E-state index in [-0.39, 0.29) is 0 Å². The first kappa shape index (κ1) is 10.8. The summed E-state index contributed by atoms with van der Waals surface area (Å²) in [5.74, 6) is 0. The molecular weight excluding hydrogens is 152 g/mol. The Balaban J connectivity index is 3.66. The van der Waals surface area contributed by atoms with Gasteiger partial charge < -0.3 is 0 Å². The van der Waals surface area contributed by atoms with Crippen molar-refractivity contribution in [1.82, 2.24) is 0 Å². The molecule has 0 aromatic rings. The minimum Gasteiger partial charge on any atom is -0.151 e. The quantitative estimate of drug-likeness (QED) is 0.568. The largest absolute Gasteiger partial charge is 0.151 e. The highest BCUT2D eigenvalue weighted by molar-refractivity contribution is 8.00. The van der Waals surface area contributed by atoms with Crippen LogP contribution in [0.1, 0.15) is 27.2 Å². The van der Waals surface area contributed by atoms with Gasteiger partial charge in [-0.15, -0.1) is 6.58 Å². The molecule has 0 heterocycles. The maximum absolute atomic E-state index is 3.81. The van der Waals surface area contributed by atoms with Gasteiger partial charge in [-0.25, -0.2) is 0 Å². The van der Waals surface area contributed by atoms with Crippen LogP contribution in [-0.2, 0) is 0 Å². The number of rotatable bonds is 5. The Hall–Kier alpha value is -0.170. The molecule has 0 saturated carbocycles. The molecule has 64 valence electrons. The Morgan fingerprint density at radius 3 is 2.45 bits per heavy atom. The zero-order valence-electron chi connectivity index (χ0n) is 7.71. The van der Waals surface area contributed by atoms with Crippen LogP contribution in [-0.4, -0.2) is 10.5 Å². The van der Waals surface area contributed by atoms with Crippen molar-refractivity contribution in [2.24, 2.45) is 0 Å². The van der Waals surface area contributed by atoms with E-state index in [1.165, 1.54) is 0 Å². The van der Waals surface area contributed by atoms with E-state index in [9.17, 15) is 0 Å². The summed E-state index contributed by atoms with van der Waals surface area (Å²) in [7, 11) is 0. The minimum absolute atomic E-state index is 0.589. The molecule has 0 aromatic heterocycles. The summed E-state index contributed by atoms with van der Waals surface area (Å²) in [4.78, 5) is 0. The second-order valence-corrected chi connectivity index (χ2v) is 4.58. The van der Waals surface area contributed by atoms with Gasteiger partial charge in [0.05, 0.1) is 0 Å². The maximum Gasteiger partial charge on any atom is 0.0261 e. The van der Waals surface area contributed by atoms with Crippen LogP contribution in [0.3, 0.4) is 0 Å². The third kappa shape index (κ3) is 6.24. The summed E-state index contributed by atoms with van der Waals surface area (Å²) in [5, 5.41) is 1.29. The maximum atomic E-state index is 3.81. The number of hydrogen-bond acceptors (Lipinski definition) is 1. The van der Waals surface area contributed by atoms with Crippen molar-refractivity contribution < 1.29 is 0 Å². The molecule has 0 aliphatic rings. The van der Waals surface area contributed by atoms with Gasteiger partial charge in [0.2, 0.25) is 0 Å². The van der Waals surface area contributed by atoms with Crippen LogP contribution < -0.4 is 0 Å². The van der Waals surface area contributed by atoms with Gasteiger partial charge in [-0.2, -0.15) is 11.8 Å². The molecule has 0 aliphatic heterocycles. The molecule has 0 saturated heterocycles. The van der Waals surface area contributed by atoms with Crippen molar-refractivity contribution in [2.45, 2.75) is 37.7 Å². The zero-order chi connectivity index (χ0) is 8.69. The number of thioether (sulfide) groups is 1. The predicted molar refractivity (Wildman–Crippen MR) is 56.1 cm³/mol. The molecule has 1 atom stereocenters. The van der Waals surface area contributed by atoms with Crippen molar-refractivity contribution in [1.29, 1.82) is 0 Å². The normalized spacial score (nSPS) is 14.2. The van der Waals surface area contributed by atoms with Crippen LogP contribution in [0.2, 0.25) is 0 Å². The van der Waals surface area contributed by atoms with E-state index >= 15 is 0 Å². The Kier molecular flexibility index (Phi) is 6.43. The van der Waals surface area contributed by atoms with E-state index < -0.39 is 0 Å². The molecule has 0 aromatic carbocycles. The average molecular weight is 170 g/mol. The van der Waals surface area contributed by atoms with Crippen molar-refractivity contribution in [2.75, 3.05) is 0 Å². The fraction of sp³-hybridized carbons (Fsp3) is 0.600. The number of allylic oxidation sites excluding steroid dienone is 2. The van der Waals surface area contributed by atoms with Crippen molar-refractivity contribution >= 4 is 11.8 Å². The molecule has 0 amide bonds. The van der Waals surface area contributed by atoms with Crippen LogP contribution in [0.25, 0.3) is 0 Å². The molecule has 0 aliphatic carbocycles. The third-order valence-corrected chi connectivity index (χ3v) is 2.59. The first-order chi connectivity index (χ1) is 5.20. The molecule has 0 nitrogen and oxygen atoms in total. The molecule has 11 heavy (non-hydrogen) atoms. The zero-order valence-corrected chi connectivity index (χ0v) is 8.53. The van der Waals surface area contributed by atoms with Gasteiger partial charge in [-0.3, -0.25) is 0 Å². The standard InChI is InChI=1S/C10H18S/c1-5-7-8-10(6-2)11-9(3)4/h5-7,9-10H,2,8H2,1,3-4H3. The van der Waals surface area contributed by atoms with E-state index in [1.807, 2.05) is 17.8 Å². The van der Waals surface area contributed by atoms with E-state index in [0.29, 0.717) is 10.5 Å². The van der Waals surface area contributed by atoms with Gasteiger partial charge in [0, 0.05) is 5.25 Å². The van der Waals surface area contributed by atoms with Crippen LogP contribution in [0.15, 0.2) is 24.8 Å². The van der Waals surface area contributed by atoms with Crippen molar-refractivity contribution in [3.8, 4) is 0 Å². The Bertz CT molecular complexity index is 125. The van der Waals surface area contributed by atoms with Gasteiger partial charge in [0.25, 0.3) is 0 Å². The first-order valence-corrected chi connectivity index (χ1v) is 5.04. The van der Waals surface area contributed by atoms with Crippen LogP contribution in [0.5, 0.6) is 0 Å². The lowest BCUT2D eigenvalue weighted by Gasteiger charge is -2.11. The molecule has 0 rings (SSSR count). The minimum atomic E-state index is 0.589. The fourth-order valence-corrected chi connectivity index (χ4v) is 1.86. The number of hydrogen-bond donors (Lipinski definition) is 0.